The molecule has 0 aromatic carbocycles. The quantitative estimate of drug-likeness (QED) is 0.884. The van der Waals surface area contributed by atoms with E-state index in [0.717, 1.165) is 6.42 Å². The molecule has 4 nitrogen and oxygen atoms in total. The van der Waals surface area contributed by atoms with Crippen LogP contribution in [-0.2, 0) is 16.0 Å². The first-order valence-corrected chi connectivity index (χ1v) is 6.89. The van der Waals surface area contributed by atoms with Gasteiger partial charge in [-0.3, -0.25) is 9.59 Å². The van der Waals surface area contributed by atoms with E-state index in [1.54, 1.807) is 23.3 Å². The first-order chi connectivity index (χ1) is 8.50. The minimum Gasteiger partial charge on any atom is -0.481 e. The van der Waals surface area contributed by atoms with Crippen molar-refractivity contribution in [2.75, 3.05) is 13.6 Å². The summed E-state index contributed by atoms with van der Waals surface area (Å²) in [4.78, 5) is 25.6. The molecule has 18 heavy (non-hydrogen) atoms. The lowest BCUT2D eigenvalue weighted by Gasteiger charge is -2.16. The van der Waals surface area contributed by atoms with Crippen LogP contribution < -0.4 is 0 Å². The summed E-state index contributed by atoms with van der Waals surface area (Å²) in [6.45, 7) is 2.72. The molecule has 1 fully saturated rings. The Morgan fingerprint density at radius 3 is 2.72 bits per heavy atom. The number of carbonyl (C=O) groups is 2. The minimum absolute atomic E-state index is 0.0309. The zero-order valence-electron chi connectivity index (χ0n) is 10.5. The monoisotopic (exact) mass is 267 g/mol. The fraction of sp³-hybridized carbons (Fsp3) is 0.538. The average Bonchev–Trinajstić information content (AvgIpc) is 3.03. The third kappa shape index (κ3) is 2.72. The van der Waals surface area contributed by atoms with Gasteiger partial charge in [0.15, 0.2) is 0 Å². The summed E-state index contributed by atoms with van der Waals surface area (Å²) in [5.41, 5.74) is 1.26. The van der Waals surface area contributed by atoms with Crippen LogP contribution in [0.5, 0.6) is 0 Å². The van der Waals surface area contributed by atoms with E-state index in [0.29, 0.717) is 13.0 Å². The lowest BCUT2D eigenvalue weighted by Crippen LogP contribution is -2.31. The van der Waals surface area contributed by atoms with Crippen LogP contribution >= 0.6 is 11.3 Å². The molecule has 1 aliphatic carbocycles. The first-order valence-electron chi connectivity index (χ1n) is 6.01. The molecule has 1 aliphatic rings. The SMILES string of the molecule is Cc1ccsc1CCN(C)C(=O)C1CC1C(=O)O. The Balaban J connectivity index is 1.82. The summed E-state index contributed by atoms with van der Waals surface area (Å²) in [5.74, 6) is -1.63. The lowest BCUT2D eigenvalue weighted by molar-refractivity contribution is -0.141. The molecule has 98 valence electrons. The number of rotatable bonds is 5. The van der Waals surface area contributed by atoms with Gasteiger partial charge in [-0.05, 0) is 36.8 Å². The number of thiophene rings is 1. The summed E-state index contributed by atoms with van der Waals surface area (Å²) < 4.78 is 0. The maximum absolute atomic E-state index is 11.9. The van der Waals surface area contributed by atoms with Gasteiger partial charge >= 0.3 is 5.97 Å². The molecule has 2 atom stereocenters. The normalized spacial score (nSPS) is 21.7. The molecule has 0 saturated heterocycles. The molecule has 0 spiro atoms. The summed E-state index contributed by atoms with van der Waals surface area (Å²) in [7, 11) is 1.75. The van der Waals surface area contributed by atoms with Crippen molar-refractivity contribution in [1.82, 2.24) is 4.90 Å². The standard InChI is InChI=1S/C13H17NO3S/c1-8-4-6-18-11(8)3-5-14(2)12(15)9-7-10(9)13(16)17/h4,6,9-10H,3,5,7H2,1-2H3,(H,16,17). The number of aryl methyl sites for hydroxylation is 1. The van der Waals surface area contributed by atoms with Crippen LogP contribution in [0.4, 0.5) is 0 Å². The van der Waals surface area contributed by atoms with Gasteiger partial charge in [0, 0.05) is 18.5 Å². The highest BCUT2D eigenvalue weighted by Gasteiger charge is 2.49. The predicted octanol–water partition coefficient (Wildman–Crippen LogP) is 1.78. The predicted molar refractivity (Wildman–Crippen MR) is 69.6 cm³/mol. The van der Waals surface area contributed by atoms with Crippen molar-refractivity contribution in [3.8, 4) is 0 Å². The Kier molecular flexibility index (Phi) is 3.71. The van der Waals surface area contributed by atoms with Crippen molar-refractivity contribution in [2.24, 2.45) is 11.8 Å². The van der Waals surface area contributed by atoms with E-state index < -0.39 is 11.9 Å². The topological polar surface area (TPSA) is 57.6 Å². The number of carboxylic acids is 1. The Morgan fingerprint density at radius 2 is 2.22 bits per heavy atom. The van der Waals surface area contributed by atoms with Crippen LogP contribution in [0, 0.1) is 18.8 Å². The molecule has 0 radical (unpaired) electrons. The van der Waals surface area contributed by atoms with E-state index in [1.807, 2.05) is 5.38 Å². The minimum atomic E-state index is -0.851. The van der Waals surface area contributed by atoms with E-state index in [1.165, 1.54) is 10.4 Å². The summed E-state index contributed by atoms with van der Waals surface area (Å²) in [5, 5.41) is 10.9. The van der Waals surface area contributed by atoms with Crippen LogP contribution in [0.2, 0.25) is 0 Å². The van der Waals surface area contributed by atoms with Crippen molar-refractivity contribution in [3.63, 3.8) is 0 Å². The molecule has 1 saturated carbocycles. The fourth-order valence-corrected chi connectivity index (χ4v) is 2.96. The van der Waals surface area contributed by atoms with Gasteiger partial charge in [-0.15, -0.1) is 11.3 Å². The van der Waals surface area contributed by atoms with Crippen molar-refractivity contribution >= 4 is 23.2 Å². The van der Waals surface area contributed by atoms with Gasteiger partial charge in [0.1, 0.15) is 0 Å². The first kappa shape index (κ1) is 13.1. The Hall–Kier alpha value is -1.36. The molecular weight excluding hydrogens is 250 g/mol. The van der Waals surface area contributed by atoms with Crippen LogP contribution in [-0.4, -0.2) is 35.5 Å². The number of carbonyl (C=O) groups excluding carboxylic acids is 1. The number of amides is 1. The van der Waals surface area contributed by atoms with Crippen LogP contribution in [0.25, 0.3) is 0 Å². The van der Waals surface area contributed by atoms with Gasteiger partial charge in [-0.25, -0.2) is 0 Å². The van der Waals surface area contributed by atoms with E-state index in [9.17, 15) is 9.59 Å². The van der Waals surface area contributed by atoms with Gasteiger partial charge < -0.3 is 10.0 Å². The zero-order valence-corrected chi connectivity index (χ0v) is 11.4. The third-order valence-corrected chi connectivity index (χ3v) is 4.53. The number of hydrogen-bond acceptors (Lipinski definition) is 3. The smallest absolute Gasteiger partial charge is 0.307 e. The van der Waals surface area contributed by atoms with Crippen molar-refractivity contribution in [3.05, 3.63) is 21.9 Å². The Morgan fingerprint density at radius 1 is 1.50 bits per heavy atom. The number of carboxylic acid groups (broad SMARTS) is 1. The van der Waals surface area contributed by atoms with Crippen LogP contribution in [0.3, 0.4) is 0 Å². The second-order valence-corrected chi connectivity index (χ2v) is 5.82. The molecule has 1 amide bonds. The van der Waals surface area contributed by atoms with Gasteiger partial charge in [0.25, 0.3) is 0 Å². The van der Waals surface area contributed by atoms with Crippen molar-refractivity contribution in [2.45, 2.75) is 19.8 Å². The second-order valence-electron chi connectivity index (χ2n) is 4.82. The number of aliphatic carboxylic acids is 1. The summed E-state index contributed by atoms with van der Waals surface area (Å²) in [6, 6.07) is 2.07. The van der Waals surface area contributed by atoms with E-state index >= 15 is 0 Å². The van der Waals surface area contributed by atoms with E-state index in [2.05, 4.69) is 13.0 Å². The molecule has 1 aromatic heterocycles. The molecule has 0 bridgehead atoms. The van der Waals surface area contributed by atoms with Crippen LogP contribution in [0.1, 0.15) is 16.9 Å². The Bertz CT molecular complexity index is 469. The summed E-state index contributed by atoms with van der Waals surface area (Å²) in [6.07, 6.45) is 1.34. The highest BCUT2D eigenvalue weighted by atomic mass is 32.1. The third-order valence-electron chi connectivity index (χ3n) is 3.44. The number of hydrogen-bond donors (Lipinski definition) is 1. The van der Waals surface area contributed by atoms with Gasteiger partial charge in [-0.2, -0.15) is 0 Å². The van der Waals surface area contributed by atoms with Gasteiger partial charge in [0.05, 0.1) is 11.8 Å². The highest BCUT2D eigenvalue weighted by Crippen LogP contribution is 2.39. The second kappa shape index (κ2) is 5.10. The molecule has 1 heterocycles. The molecule has 1 N–H and O–H groups in total. The van der Waals surface area contributed by atoms with E-state index in [4.69, 9.17) is 5.11 Å². The maximum atomic E-state index is 11.9. The lowest BCUT2D eigenvalue weighted by atomic mass is 10.2. The van der Waals surface area contributed by atoms with Gasteiger partial charge in [0.2, 0.25) is 5.91 Å². The maximum Gasteiger partial charge on any atom is 0.307 e. The van der Waals surface area contributed by atoms with Crippen LogP contribution in [0.15, 0.2) is 11.4 Å². The fourth-order valence-electron chi connectivity index (χ4n) is 2.06. The number of nitrogens with zero attached hydrogens (tertiary/aromatic N) is 1. The summed E-state index contributed by atoms with van der Waals surface area (Å²) >= 11 is 1.70. The largest absolute Gasteiger partial charge is 0.481 e. The molecular formula is C13H17NO3S. The average molecular weight is 267 g/mol. The van der Waals surface area contributed by atoms with Crippen molar-refractivity contribution in [1.29, 1.82) is 0 Å². The molecule has 0 aliphatic heterocycles. The Labute approximate surface area is 110 Å². The zero-order chi connectivity index (χ0) is 13.3. The van der Waals surface area contributed by atoms with Crippen molar-refractivity contribution < 1.29 is 14.7 Å². The highest BCUT2D eigenvalue weighted by molar-refractivity contribution is 7.10. The molecule has 2 unspecified atom stereocenters. The van der Waals surface area contributed by atoms with Gasteiger partial charge in [-0.1, -0.05) is 0 Å². The molecule has 5 heteroatoms. The van der Waals surface area contributed by atoms with E-state index in [-0.39, 0.29) is 11.8 Å². The number of likely N-dealkylation sites (N-methyl/N-ethyl adjacent to an activating group) is 1. The molecule has 2 rings (SSSR count). The molecule has 1 aromatic rings.